The maximum absolute atomic E-state index is 13.8. The Kier molecular flexibility index (Phi) is 6.01. The number of esters is 1. The highest BCUT2D eigenvalue weighted by Gasteiger charge is 2.34. The number of fused-ring (bicyclic) bond motifs is 2. The SMILES string of the molecule is CCOC(=O)c1c(C)nc2c(Br)cc(Nc3ccc(N)c(S(=O)(=O)O)c3)c3c2c1-c1ccccc1C3=O. The van der Waals surface area contributed by atoms with Crippen LogP contribution in [0.15, 0.2) is 57.9 Å². The van der Waals surface area contributed by atoms with Gasteiger partial charge in [0.05, 0.1) is 40.3 Å². The van der Waals surface area contributed by atoms with Crippen LogP contribution in [0, 0.1) is 6.92 Å². The number of benzene rings is 3. The van der Waals surface area contributed by atoms with Crippen molar-refractivity contribution in [2.24, 2.45) is 0 Å². The predicted molar refractivity (Wildman–Crippen MR) is 143 cm³/mol. The van der Waals surface area contributed by atoms with Gasteiger partial charge < -0.3 is 15.8 Å². The first-order chi connectivity index (χ1) is 17.5. The zero-order chi connectivity index (χ0) is 26.6. The van der Waals surface area contributed by atoms with Gasteiger partial charge in [0, 0.05) is 26.7 Å². The van der Waals surface area contributed by atoms with Gasteiger partial charge in [-0.05, 0) is 59.6 Å². The van der Waals surface area contributed by atoms with Crippen molar-refractivity contribution >= 4 is 65.8 Å². The number of nitrogens with two attached hydrogens (primary N) is 1. The van der Waals surface area contributed by atoms with Crippen molar-refractivity contribution in [2.75, 3.05) is 17.7 Å². The average Bonchev–Trinajstić information content (AvgIpc) is 2.84. The van der Waals surface area contributed by atoms with Gasteiger partial charge >= 0.3 is 5.97 Å². The molecule has 0 radical (unpaired) electrons. The minimum absolute atomic E-state index is 0.125. The summed E-state index contributed by atoms with van der Waals surface area (Å²) in [7, 11) is -4.58. The van der Waals surface area contributed by atoms with Crippen molar-refractivity contribution in [3.05, 3.63) is 75.4 Å². The van der Waals surface area contributed by atoms with E-state index in [0.29, 0.717) is 43.4 Å². The lowest BCUT2D eigenvalue weighted by Crippen LogP contribution is -2.18. The maximum atomic E-state index is 13.8. The van der Waals surface area contributed by atoms with Gasteiger partial charge in [0.2, 0.25) is 0 Å². The highest BCUT2D eigenvalue weighted by molar-refractivity contribution is 9.10. The Hall–Kier alpha value is -3.80. The monoisotopic (exact) mass is 581 g/mol. The molecule has 5 rings (SSSR count). The molecule has 37 heavy (non-hydrogen) atoms. The molecular formula is C26H20BrN3O6S. The van der Waals surface area contributed by atoms with Crippen molar-refractivity contribution in [1.82, 2.24) is 4.98 Å². The molecule has 1 heterocycles. The molecule has 0 aliphatic heterocycles. The van der Waals surface area contributed by atoms with Gasteiger partial charge in [-0.25, -0.2) is 4.79 Å². The molecule has 0 amide bonds. The van der Waals surface area contributed by atoms with E-state index in [4.69, 9.17) is 10.5 Å². The number of halogens is 1. The molecule has 0 saturated carbocycles. The van der Waals surface area contributed by atoms with Crippen LogP contribution < -0.4 is 11.1 Å². The number of carbonyl (C=O) groups excluding carboxylic acids is 2. The molecule has 9 nitrogen and oxygen atoms in total. The number of aromatic nitrogens is 1. The van der Waals surface area contributed by atoms with Gasteiger partial charge in [0.25, 0.3) is 10.1 Å². The topological polar surface area (TPSA) is 149 Å². The minimum Gasteiger partial charge on any atom is -0.462 e. The fourth-order valence-electron chi connectivity index (χ4n) is 4.60. The van der Waals surface area contributed by atoms with Crippen LogP contribution in [0.3, 0.4) is 0 Å². The second-order valence-corrected chi connectivity index (χ2v) is 10.6. The molecule has 1 aromatic heterocycles. The van der Waals surface area contributed by atoms with E-state index in [2.05, 4.69) is 26.2 Å². The van der Waals surface area contributed by atoms with Gasteiger partial charge in [-0.15, -0.1) is 0 Å². The number of hydrogen-bond acceptors (Lipinski definition) is 8. The molecule has 4 aromatic rings. The van der Waals surface area contributed by atoms with E-state index in [0.717, 1.165) is 0 Å². The third kappa shape index (κ3) is 4.05. The Labute approximate surface area is 220 Å². The van der Waals surface area contributed by atoms with Crippen molar-refractivity contribution in [3.8, 4) is 11.1 Å². The number of ether oxygens (including phenoxy) is 1. The van der Waals surface area contributed by atoms with Crippen LogP contribution in [0.4, 0.5) is 17.1 Å². The Bertz CT molecular complexity index is 1770. The van der Waals surface area contributed by atoms with Crippen molar-refractivity contribution in [3.63, 3.8) is 0 Å². The van der Waals surface area contributed by atoms with Crippen molar-refractivity contribution in [1.29, 1.82) is 0 Å². The highest BCUT2D eigenvalue weighted by Crippen LogP contribution is 2.47. The van der Waals surface area contributed by atoms with E-state index in [1.807, 2.05) is 0 Å². The molecule has 1 aliphatic carbocycles. The number of nitrogens with one attached hydrogen (secondary N) is 1. The third-order valence-corrected chi connectivity index (χ3v) is 7.63. The number of aryl methyl sites for hydroxylation is 1. The van der Waals surface area contributed by atoms with E-state index in [9.17, 15) is 22.6 Å². The van der Waals surface area contributed by atoms with Crippen LogP contribution in [-0.2, 0) is 14.9 Å². The quantitative estimate of drug-likeness (QED) is 0.143. The summed E-state index contributed by atoms with van der Waals surface area (Å²) in [4.78, 5) is 31.1. The molecular weight excluding hydrogens is 562 g/mol. The summed E-state index contributed by atoms with van der Waals surface area (Å²) in [6.45, 7) is 3.59. The number of carbonyl (C=O) groups is 2. The summed E-state index contributed by atoms with van der Waals surface area (Å²) < 4.78 is 39.0. The molecule has 1 aliphatic rings. The van der Waals surface area contributed by atoms with Gasteiger partial charge in [-0.2, -0.15) is 8.42 Å². The lowest BCUT2D eigenvalue weighted by molar-refractivity contribution is 0.0525. The number of hydrogen-bond donors (Lipinski definition) is 3. The molecule has 4 N–H and O–H groups in total. The Morgan fingerprint density at radius 3 is 2.51 bits per heavy atom. The lowest BCUT2D eigenvalue weighted by Gasteiger charge is -2.25. The molecule has 0 spiro atoms. The molecule has 0 atom stereocenters. The number of nitrogen functional groups attached to an aromatic ring is 1. The highest BCUT2D eigenvalue weighted by atomic mass is 79.9. The Balaban J connectivity index is 1.85. The Morgan fingerprint density at radius 1 is 1.14 bits per heavy atom. The number of ketones is 1. The molecule has 11 heteroatoms. The molecule has 0 bridgehead atoms. The number of anilines is 3. The number of pyridine rings is 1. The Morgan fingerprint density at radius 2 is 1.84 bits per heavy atom. The summed E-state index contributed by atoms with van der Waals surface area (Å²) in [5, 5.41) is 3.54. The molecule has 3 aromatic carbocycles. The largest absolute Gasteiger partial charge is 0.462 e. The fourth-order valence-corrected chi connectivity index (χ4v) is 5.76. The smallest absolute Gasteiger partial charge is 0.340 e. The number of rotatable bonds is 5. The first-order valence-electron chi connectivity index (χ1n) is 11.1. The second-order valence-electron chi connectivity index (χ2n) is 8.40. The summed E-state index contributed by atoms with van der Waals surface area (Å²) in [6, 6.07) is 12.7. The van der Waals surface area contributed by atoms with E-state index in [1.54, 1.807) is 44.2 Å². The van der Waals surface area contributed by atoms with Crippen LogP contribution in [-0.4, -0.2) is 36.3 Å². The normalized spacial score (nSPS) is 12.4. The van der Waals surface area contributed by atoms with Gasteiger partial charge in [-0.1, -0.05) is 24.3 Å². The van der Waals surface area contributed by atoms with Crippen molar-refractivity contribution in [2.45, 2.75) is 18.7 Å². The van der Waals surface area contributed by atoms with E-state index >= 15 is 0 Å². The minimum atomic E-state index is -4.58. The van der Waals surface area contributed by atoms with Crippen LogP contribution in [0.5, 0.6) is 0 Å². The summed E-state index contributed by atoms with van der Waals surface area (Å²) in [5.74, 6) is -0.848. The number of nitrogens with zero attached hydrogens (tertiary/aromatic N) is 1. The summed E-state index contributed by atoms with van der Waals surface area (Å²) >= 11 is 3.54. The van der Waals surface area contributed by atoms with Crippen LogP contribution in [0.1, 0.15) is 38.9 Å². The predicted octanol–water partition coefficient (Wildman–Crippen LogP) is 5.27. The third-order valence-electron chi connectivity index (χ3n) is 6.11. The van der Waals surface area contributed by atoms with Crippen molar-refractivity contribution < 1.29 is 27.3 Å². The average molecular weight is 582 g/mol. The second kappa shape index (κ2) is 8.94. The van der Waals surface area contributed by atoms with Crippen LogP contribution in [0.25, 0.3) is 22.0 Å². The summed E-state index contributed by atoms with van der Waals surface area (Å²) in [5.41, 5.74) is 9.19. The van der Waals surface area contributed by atoms with Gasteiger partial charge in [0.1, 0.15) is 4.90 Å². The zero-order valence-electron chi connectivity index (χ0n) is 19.6. The lowest BCUT2D eigenvalue weighted by atomic mass is 9.80. The van der Waals surface area contributed by atoms with E-state index in [1.165, 1.54) is 18.2 Å². The van der Waals surface area contributed by atoms with Gasteiger partial charge in [0.15, 0.2) is 5.78 Å². The molecule has 0 saturated heterocycles. The summed E-state index contributed by atoms with van der Waals surface area (Å²) in [6.07, 6.45) is 0. The first-order valence-corrected chi connectivity index (χ1v) is 13.4. The van der Waals surface area contributed by atoms with Gasteiger partial charge in [-0.3, -0.25) is 14.3 Å². The molecule has 0 unspecified atom stereocenters. The fraction of sp³-hybridized carbons (Fsp3) is 0.115. The molecule has 0 fully saturated rings. The van der Waals surface area contributed by atoms with E-state index in [-0.39, 0.29) is 34.9 Å². The van der Waals surface area contributed by atoms with E-state index < -0.39 is 21.0 Å². The zero-order valence-corrected chi connectivity index (χ0v) is 22.0. The standard InChI is InChI=1S/C26H20BrN3O6S/c1-3-36-26(32)20-12(2)29-24-16(27)11-18(30-13-8-9-17(28)19(10-13)37(33,34)35)22-23(24)21(20)14-6-4-5-7-15(14)25(22)31/h4-11,30H,3,28H2,1-2H3,(H,33,34,35). The first kappa shape index (κ1) is 24.9. The molecule has 188 valence electrons. The maximum Gasteiger partial charge on any atom is 0.340 e. The van der Waals surface area contributed by atoms with Crippen LogP contribution in [0.2, 0.25) is 0 Å². The van der Waals surface area contributed by atoms with Crippen LogP contribution >= 0.6 is 15.9 Å².